The molecule has 3 aromatic heterocycles. The molecule has 0 aliphatic carbocycles. The molecule has 0 spiro atoms. The van der Waals surface area contributed by atoms with Crippen molar-refractivity contribution < 1.29 is 4.79 Å². The number of thiazole rings is 1. The molecular formula is C16H16N6OS2. The summed E-state index contributed by atoms with van der Waals surface area (Å²) in [5.41, 5.74) is 2.58. The first-order valence-corrected chi connectivity index (χ1v) is 9.47. The third-order valence-electron chi connectivity index (χ3n) is 3.14. The number of hydrogen-bond acceptors (Lipinski definition) is 8. The van der Waals surface area contributed by atoms with E-state index in [9.17, 15) is 4.79 Å². The van der Waals surface area contributed by atoms with E-state index in [-0.39, 0.29) is 5.91 Å². The molecule has 0 aromatic carbocycles. The van der Waals surface area contributed by atoms with Crippen LogP contribution < -0.4 is 5.32 Å². The Morgan fingerprint density at radius 2 is 2.16 bits per heavy atom. The number of hydrogen-bond donors (Lipinski definition) is 1. The van der Waals surface area contributed by atoms with Crippen LogP contribution in [0.15, 0.2) is 41.4 Å². The normalized spacial score (nSPS) is 10.6. The third-order valence-corrected chi connectivity index (χ3v) is 4.92. The molecule has 7 nitrogen and oxygen atoms in total. The zero-order valence-electron chi connectivity index (χ0n) is 13.5. The molecule has 1 amide bonds. The fourth-order valence-electron chi connectivity index (χ4n) is 1.96. The Morgan fingerprint density at radius 1 is 1.24 bits per heavy atom. The van der Waals surface area contributed by atoms with Crippen molar-refractivity contribution in [3.05, 3.63) is 47.6 Å². The lowest BCUT2D eigenvalue weighted by molar-refractivity contribution is -0.118. The van der Waals surface area contributed by atoms with E-state index in [4.69, 9.17) is 0 Å². The van der Waals surface area contributed by atoms with Crippen molar-refractivity contribution in [3.8, 4) is 10.7 Å². The zero-order valence-corrected chi connectivity index (χ0v) is 15.2. The van der Waals surface area contributed by atoms with Gasteiger partial charge in [-0.3, -0.25) is 14.8 Å². The van der Waals surface area contributed by atoms with Gasteiger partial charge in [0.05, 0.1) is 17.6 Å². The minimum Gasteiger partial charge on any atom is -0.355 e. The van der Waals surface area contributed by atoms with Crippen LogP contribution >= 0.6 is 23.1 Å². The number of aromatic nitrogens is 5. The second-order valence-corrected chi connectivity index (χ2v) is 6.90. The van der Waals surface area contributed by atoms with Crippen LogP contribution in [-0.2, 0) is 11.2 Å². The highest BCUT2D eigenvalue weighted by Gasteiger charge is 2.08. The molecular weight excluding hydrogens is 356 g/mol. The molecule has 128 valence electrons. The van der Waals surface area contributed by atoms with E-state index in [1.54, 1.807) is 24.8 Å². The molecule has 9 heteroatoms. The van der Waals surface area contributed by atoms with Crippen molar-refractivity contribution in [1.82, 2.24) is 30.2 Å². The fourth-order valence-corrected chi connectivity index (χ4v) is 3.48. The molecule has 0 radical (unpaired) electrons. The number of carbonyl (C=O) groups is 1. The van der Waals surface area contributed by atoms with Crippen LogP contribution in [-0.4, -0.2) is 43.1 Å². The maximum absolute atomic E-state index is 11.9. The van der Waals surface area contributed by atoms with E-state index in [1.807, 2.05) is 18.4 Å². The van der Waals surface area contributed by atoms with Gasteiger partial charge in [0.2, 0.25) is 5.91 Å². The first kappa shape index (κ1) is 17.4. The van der Waals surface area contributed by atoms with Crippen molar-refractivity contribution in [2.45, 2.75) is 18.5 Å². The summed E-state index contributed by atoms with van der Waals surface area (Å²) in [5.74, 6) is 0.255. The van der Waals surface area contributed by atoms with Gasteiger partial charge in [-0.25, -0.2) is 15.0 Å². The third kappa shape index (κ3) is 5.30. The van der Waals surface area contributed by atoms with Crippen LogP contribution in [0.2, 0.25) is 0 Å². The number of nitrogens with zero attached hydrogens (tertiary/aromatic N) is 5. The van der Waals surface area contributed by atoms with Gasteiger partial charge in [-0.1, -0.05) is 11.8 Å². The van der Waals surface area contributed by atoms with Gasteiger partial charge in [-0.15, -0.1) is 11.3 Å². The lowest BCUT2D eigenvalue weighted by atomic mass is 10.3. The Kier molecular flexibility index (Phi) is 6.02. The summed E-state index contributed by atoms with van der Waals surface area (Å²) in [5, 5.41) is 6.31. The van der Waals surface area contributed by atoms with Crippen LogP contribution in [0, 0.1) is 6.92 Å². The summed E-state index contributed by atoms with van der Waals surface area (Å²) in [6.07, 6.45) is 7.34. The molecule has 3 heterocycles. The molecule has 0 saturated carbocycles. The summed E-state index contributed by atoms with van der Waals surface area (Å²) < 4.78 is 0. The number of amides is 1. The number of nitrogens with one attached hydrogen (secondary N) is 1. The van der Waals surface area contributed by atoms with E-state index < -0.39 is 0 Å². The van der Waals surface area contributed by atoms with Gasteiger partial charge in [0, 0.05) is 42.6 Å². The lowest BCUT2D eigenvalue weighted by Crippen LogP contribution is -2.27. The monoisotopic (exact) mass is 372 g/mol. The van der Waals surface area contributed by atoms with E-state index in [2.05, 4.69) is 30.2 Å². The molecule has 0 aliphatic rings. The van der Waals surface area contributed by atoms with Crippen LogP contribution in [0.5, 0.6) is 0 Å². The summed E-state index contributed by atoms with van der Waals surface area (Å²) >= 11 is 2.85. The van der Waals surface area contributed by atoms with Crippen molar-refractivity contribution in [2.75, 3.05) is 12.3 Å². The number of carbonyl (C=O) groups excluding carboxylic acids is 1. The molecule has 0 fully saturated rings. The molecule has 0 bridgehead atoms. The summed E-state index contributed by atoms with van der Waals surface area (Å²) in [4.78, 5) is 33.1. The van der Waals surface area contributed by atoms with Crippen LogP contribution in [0.3, 0.4) is 0 Å². The molecule has 0 atom stereocenters. The van der Waals surface area contributed by atoms with E-state index in [1.165, 1.54) is 23.1 Å². The van der Waals surface area contributed by atoms with Gasteiger partial charge in [-0.05, 0) is 13.0 Å². The van der Waals surface area contributed by atoms with Crippen molar-refractivity contribution in [1.29, 1.82) is 0 Å². The SMILES string of the molecule is Cc1ccnc(SCC(=O)NCCc2csc(-c3cnccn3)n2)n1. The van der Waals surface area contributed by atoms with Gasteiger partial charge in [0.15, 0.2) is 5.16 Å². The predicted molar refractivity (Wildman–Crippen MR) is 97.3 cm³/mol. The first-order chi connectivity index (χ1) is 12.2. The Bertz CT molecular complexity index is 839. The Morgan fingerprint density at radius 3 is 2.96 bits per heavy atom. The average molecular weight is 372 g/mol. The van der Waals surface area contributed by atoms with Gasteiger partial charge in [0.1, 0.15) is 10.7 Å². The first-order valence-electron chi connectivity index (χ1n) is 7.60. The average Bonchev–Trinajstić information content (AvgIpc) is 3.10. The zero-order chi connectivity index (χ0) is 17.5. The summed E-state index contributed by atoms with van der Waals surface area (Å²) in [7, 11) is 0. The summed E-state index contributed by atoms with van der Waals surface area (Å²) in [6.45, 7) is 2.44. The number of aryl methyl sites for hydroxylation is 1. The lowest BCUT2D eigenvalue weighted by Gasteiger charge is -2.03. The minimum absolute atomic E-state index is 0.0421. The highest BCUT2D eigenvalue weighted by Crippen LogP contribution is 2.20. The maximum atomic E-state index is 11.9. The molecule has 25 heavy (non-hydrogen) atoms. The van der Waals surface area contributed by atoms with Crippen LogP contribution in [0.25, 0.3) is 10.7 Å². The van der Waals surface area contributed by atoms with Gasteiger partial charge in [0.25, 0.3) is 0 Å². The van der Waals surface area contributed by atoms with Crippen molar-refractivity contribution in [2.24, 2.45) is 0 Å². The second kappa shape index (κ2) is 8.63. The molecule has 0 aliphatic heterocycles. The molecule has 0 unspecified atom stereocenters. The number of thioether (sulfide) groups is 1. The smallest absolute Gasteiger partial charge is 0.230 e. The number of rotatable bonds is 7. The van der Waals surface area contributed by atoms with Crippen molar-refractivity contribution in [3.63, 3.8) is 0 Å². The fraction of sp³-hybridized carbons (Fsp3) is 0.250. The van der Waals surface area contributed by atoms with Crippen LogP contribution in [0.1, 0.15) is 11.4 Å². The molecule has 0 saturated heterocycles. The van der Waals surface area contributed by atoms with E-state index in [0.29, 0.717) is 23.9 Å². The van der Waals surface area contributed by atoms with E-state index in [0.717, 1.165) is 22.1 Å². The molecule has 1 N–H and O–H groups in total. The van der Waals surface area contributed by atoms with Gasteiger partial charge >= 0.3 is 0 Å². The predicted octanol–water partition coefficient (Wildman–Crippen LogP) is 2.15. The highest BCUT2D eigenvalue weighted by molar-refractivity contribution is 7.99. The second-order valence-electron chi connectivity index (χ2n) is 5.10. The Hall–Kier alpha value is -2.39. The summed E-state index contributed by atoms with van der Waals surface area (Å²) in [6, 6.07) is 1.83. The van der Waals surface area contributed by atoms with E-state index >= 15 is 0 Å². The highest BCUT2D eigenvalue weighted by atomic mass is 32.2. The van der Waals surface area contributed by atoms with Crippen LogP contribution in [0.4, 0.5) is 0 Å². The minimum atomic E-state index is -0.0421. The van der Waals surface area contributed by atoms with Gasteiger partial charge in [-0.2, -0.15) is 0 Å². The largest absolute Gasteiger partial charge is 0.355 e. The Labute approximate surface area is 153 Å². The standard InChI is InChI=1S/C16H16N6OS2/c1-11-2-4-20-16(21-11)25-10-14(23)19-5-3-12-9-24-15(22-12)13-8-17-6-7-18-13/h2,4,6-9H,3,5,10H2,1H3,(H,19,23). The topological polar surface area (TPSA) is 93.6 Å². The maximum Gasteiger partial charge on any atom is 0.230 e. The van der Waals surface area contributed by atoms with Gasteiger partial charge < -0.3 is 5.32 Å². The molecule has 3 aromatic rings. The Balaban J connectivity index is 1.42. The molecule has 3 rings (SSSR count). The van der Waals surface area contributed by atoms with Crippen molar-refractivity contribution >= 4 is 29.0 Å². The quantitative estimate of drug-likeness (QED) is 0.502.